The lowest BCUT2D eigenvalue weighted by Crippen LogP contribution is -2.31. The second kappa shape index (κ2) is 14.2. The zero-order valence-corrected chi connectivity index (χ0v) is 29.6. The van der Waals surface area contributed by atoms with E-state index >= 15 is 0 Å². The maximum atomic E-state index is 13.6. The van der Waals surface area contributed by atoms with Crippen LogP contribution in [0, 0.1) is 22.7 Å². The highest BCUT2D eigenvalue weighted by Gasteiger charge is 2.41. The molecular formula is C42H31N5O5S. The highest BCUT2D eigenvalue weighted by atomic mass is 32.2. The van der Waals surface area contributed by atoms with Gasteiger partial charge in [0.05, 0.1) is 22.1 Å². The summed E-state index contributed by atoms with van der Waals surface area (Å²) in [6, 6.07) is 31.0. The normalized spacial score (nSPS) is 14.4. The Balaban J connectivity index is 1.03. The van der Waals surface area contributed by atoms with Crippen molar-refractivity contribution < 1.29 is 23.9 Å². The van der Waals surface area contributed by atoms with E-state index in [1.807, 2.05) is 48.5 Å². The molecule has 1 unspecified atom stereocenters. The molecule has 5 aromatic rings. The highest BCUT2D eigenvalue weighted by molar-refractivity contribution is 8.00. The lowest BCUT2D eigenvalue weighted by molar-refractivity contribution is -0.121. The van der Waals surface area contributed by atoms with E-state index in [4.69, 9.17) is 10.5 Å². The summed E-state index contributed by atoms with van der Waals surface area (Å²) in [5, 5.41) is 19.4. The smallest absolute Gasteiger partial charge is 0.338 e. The summed E-state index contributed by atoms with van der Waals surface area (Å²) < 4.78 is 5.32. The van der Waals surface area contributed by atoms with Gasteiger partial charge in [-0.3, -0.25) is 14.4 Å². The Bertz CT molecular complexity index is 2430. The molecule has 1 aliphatic carbocycles. The largest absolute Gasteiger partial charge is 0.454 e. The summed E-state index contributed by atoms with van der Waals surface area (Å²) in [5.41, 5.74) is 13.7. The molecule has 2 aliphatic rings. The fourth-order valence-corrected chi connectivity index (χ4v) is 7.79. The van der Waals surface area contributed by atoms with Crippen molar-refractivity contribution in [1.82, 2.24) is 4.98 Å². The van der Waals surface area contributed by atoms with Crippen molar-refractivity contribution in [3.05, 3.63) is 130 Å². The Morgan fingerprint density at radius 3 is 2.28 bits per heavy atom. The number of fused-ring (bicyclic) bond motifs is 3. The fraction of sp³-hybridized carbons (Fsp3) is 0.167. The molecule has 0 radical (unpaired) electrons. The summed E-state index contributed by atoms with van der Waals surface area (Å²) in [4.78, 5) is 57.9. The SMILES string of the molecule is CC(C)c1ccc(-c2c(C#N)c(N)nc(SC3CC(=O)N(c4ccc(C(=O)OCC(=O)c5ccc6c(c5)Cc5ccccc5-6)cc4)C3=O)c2C#N)cc1. The van der Waals surface area contributed by atoms with Crippen molar-refractivity contribution in [1.29, 1.82) is 10.5 Å². The van der Waals surface area contributed by atoms with E-state index in [1.165, 1.54) is 29.8 Å². The number of aromatic nitrogens is 1. The number of anilines is 2. The van der Waals surface area contributed by atoms with E-state index in [0.717, 1.165) is 45.3 Å². The summed E-state index contributed by atoms with van der Waals surface area (Å²) >= 11 is 0.941. The predicted molar refractivity (Wildman–Crippen MR) is 200 cm³/mol. The Labute approximate surface area is 309 Å². The molecule has 2 N–H and O–H groups in total. The predicted octanol–water partition coefficient (Wildman–Crippen LogP) is 7.23. The van der Waals surface area contributed by atoms with Gasteiger partial charge in [0.15, 0.2) is 12.4 Å². The van der Waals surface area contributed by atoms with Crippen LogP contribution in [0.15, 0.2) is 96.0 Å². The van der Waals surface area contributed by atoms with Gasteiger partial charge in [-0.2, -0.15) is 10.5 Å². The van der Waals surface area contributed by atoms with Crippen LogP contribution in [0.3, 0.4) is 0 Å². The van der Waals surface area contributed by atoms with Gasteiger partial charge >= 0.3 is 5.97 Å². The first-order valence-corrected chi connectivity index (χ1v) is 17.7. The number of benzene rings is 4. The summed E-state index contributed by atoms with van der Waals surface area (Å²) in [6.45, 7) is 3.67. The third-order valence-corrected chi connectivity index (χ3v) is 10.6. The molecule has 10 nitrogen and oxygen atoms in total. The second-order valence-electron chi connectivity index (χ2n) is 13.1. The molecule has 11 heteroatoms. The summed E-state index contributed by atoms with van der Waals surface area (Å²) in [7, 11) is 0. The number of imide groups is 1. The van der Waals surface area contributed by atoms with Crippen LogP contribution in [0.4, 0.5) is 11.5 Å². The number of thioether (sulfide) groups is 1. The van der Waals surface area contributed by atoms with Gasteiger partial charge in [-0.05, 0) is 76.1 Å². The molecule has 2 heterocycles. The highest BCUT2D eigenvalue weighted by Crippen LogP contribution is 2.41. The Kier molecular flexibility index (Phi) is 9.36. The van der Waals surface area contributed by atoms with Crippen LogP contribution >= 0.6 is 11.8 Å². The average Bonchev–Trinajstić information content (AvgIpc) is 3.68. The van der Waals surface area contributed by atoms with Crippen molar-refractivity contribution in [2.75, 3.05) is 17.2 Å². The number of nitriles is 2. The molecule has 53 heavy (non-hydrogen) atoms. The van der Waals surface area contributed by atoms with Gasteiger partial charge in [0, 0.05) is 17.5 Å². The van der Waals surface area contributed by atoms with Crippen LogP contribution in [-0.4, -0.2) is 40.4 Å². The number of Topliss-reactive ketones (excluding diaryl/α,β-unsaturated/α-hetero) is 1. The van der Waals surface area contributed by atoms with Gasteiger partial charge in [0.25, 0.3) is 0 Å². The second-order valence-corrected chi connectivity index (χ2v) is 14.2. The van der Waals surface area contributed by atoms with Gasteiger partial charge in [-0.1, -0.05) is 86.3 Å². The summed E-state index contributed by atoms with van der Waals surface area (Å²) in [6.07, 6.45) is 0.561. The lowest BCUT2D eigenvalue weighted by atomic mass is 9.94. The standard InChI is InChI=1S/C42H31N5O5S/c1-23(2)24-7-9-25(10-8-24)38-33(20-43)39(45)46-40(34(38)21-44)53-36-19-37(49)47(41(36)50)30-14-11-26(12-15-30)42(51)52-22-35(48)28-13-16-32-29(18-28)17-27-5-3-4-6-31(27)32/h3-16,18,23,36H,17,19,22H2,1-2H3,(H2,45,46). The van der Waals surface area contributed by atoms with E-state index in [9.17, 15) is 29.7 Å². The first-order chi connectivity index (χ1) is 25.6. The van der Waals surface area contributed by atoms with E-state index in [0.29, 0.717) is 16.7 Å². The maximum Gasteiger partial charge on any atom is 0.338 e. The number of carbonyl (C=O) groups is 4. The van der Waals surface area contributed by atoms with Crippen molar-refractivity contribution in [2.24, 2.45) is 0 Å². The number of hydrogen-bond acceptors (Lipinski definition) is 10. The van der Waals surface area contributed by atoms with Crippen LogP contribution in [-0.2, 0) is 20.7 Å². The lowest BCUT2D eigenvalue weighted by Gasteiger charge is -2.17. The van der Waals surface area contributed by atoms with E-state index in [-0.39, 0.29) is 51.3 Å². The van der Waals surface area contributed by atoms with Crippen LogP contribution in [0.25, 0.3) is 22.3 Å². The molecule has 4 aromatic carbocycles. The fourth-order valence-electron chi connectivity index (χ4n) is 6.67. The molecule has 1 saturated heterocycles. The number of esters is 1. The van der Waals surface area contributed by atoms with E-state index in [1.54, 1.807) is 6.07 Å². The topological polar surface area (TPSA) is 167 Å². The number of ketones is 1. The van der Waals surface area contributed by atoms with Crippen LogP contribution in [0.1, 0.15) is 74.7 Å². The van der Waals surface area contributed by atoms with Gasteiger partial charge in [0.1, 0.15) is 28.5 Å². The van der Waals surface area contributed by atoms with E-state index in [2.05, 4.69) is 43.1 Å². The molecule has 1 atom stereocenters. The Morgan fingerprint density at radius 2 is 1.58 bits per heavy atom. The zero-order chi connectivity index (χ0) is 37.4. The molecule has 1 aliphatic heterocycles. The molecule has 0 saturated carbocycles. The monoisotopic (exact) mass is 717 g/mol. The number of carbonyl (C=O) groups excluding carboxylic acids is 4. The van der Waals surface area contributed by atoms with Gasteiger partial charge in [-0.15, -0.1) is 0 Å². The number of amides is 2. The van der Waals surface area contributed by atoms with E-state index < -0.39 is 29.6 Å². The maximum absolute atomic E-state index is 13.6. The number of rotatable bonds is 9. The minimum absolute atomic E-state index is 0.0520. The first kappa shape index (κ1) is 34.9. The average molecular weight is 718 g/mol. The molecule has 7 rings (SSSR count). The van der Waals surface area contributed by atoms with Crippen molar-refractivity contribution in [2.45, 2.75) is 42.9 Å². The number of hydrogen-bond donors (Lipinski definition) is 1. The molecule has 1 fully saturated rings. The number of pyridine rings is 1. The molecular weight excluding hydrogens is 687 g/mol. The molecule has 1 aromatic heterocycles. The van der Waals surface area contributed by atoms with Crippen LogP contribution in [0.2, 0.25) is 0 Å². The Hall–Kier alpha value is -6.56. The minimum Gasteiger partial charge on any atom is -0.454 e. The van der Waals surface area contributed by atoms with Gasteiger partial charge in [0.2, 0.25) is 11.8 Å². The number of nitrogens with two attached hydrogens (primary N) is 1. The van der Waals surface area contributed by atoms with Crippen molar-refractivity contribution in [3.8, 4) is 34.4 Å². The quantitative estimate of drug-likeness (QED) is 0.0915. The molecule has 0 bridgehead atoms. The van der Waals surface area contributed by atoms with Gasteiger partial charge < -0.3 is 10.5 Å². The third-order valence-electron chi connectivity index (χ3n) is 9.45. The third kappa shape index (κ3) is 6.55. The van der Waals surface area contributed by atoms with Crippen LogP contribution in [0.5, 0.6) is 0 Å². The number of ether oxygens (including phenoxy) is 1. The van der Waals surface area contributed by atoms with Gasteiger partial charge in [-0.25, -0.2) is 14.7 Å². The molecule has 0 spiro atoms. The zero-order valence-electron chi connectivity index (χ0n) is 28.8. The molecule has 2 amide bonds. The summed E-state index contributed by atoms with van der Waals surface area (Å²) in [5.74, 6) is -1.88. The van der Waals surface area contributed by atoms with Crippen molar-refractivity contribution in [3.63, 3.8) is 0 Å². The molecule has 260 valence electrons. The number of nitrogens with zero attached hydrogens (tertiary/aromatic N) is 4. The van der Waals surface area contributed by atoms with Crippen LogP contribution < -0.4 is 10.6 Å². The van der Waals surface area contributed by atoms with Crippen molar-refractivity contribution >= 4 is 46.8 Å². The Morgan fingerprint density at radius 1 is 0.906 bits per heavy atom. The minimum atomic E-state index is -0.922. The number of nitrogen functional groups attached to an aromatic ring is 1. The first-order valence-electron chi connectivity index (χ1n) is 16.9.